The Morgan fingerprint density at radius 1 is 1.14 bits per heavy atom. The number of halogens is 1. The van der Waals surface area contributed by atoms with Gasteiger partial charge < -0.3 is 15.6 Å². The fourth-order valence-corrected chi connectivity index (χ4v) is 2.89. The lowest BCUT2D eigenvalue weighted by molar-refractivity contribution is -0.147. The summed E-state index contributed by atoms with van der Waals surface area (Å²) in [7, 11) is 0. The maximum absolute atomic E-state index is 12.4. The molecule has 0 bridgehead atoms. The Hall–Kier alpha value is -3.45. The Bertz CT molecular complexity index is 1100. The first-order valence-corrected chi connectivity index (χ1v) is 9.17. The number of aliphatic hydroxyl groups excluding tert-OH is 1. The number of hydrogen-bond donors (Lipinski definition) is 2. The zero-order chi connectivity index (χ0) is 21.0. The molecule has 0 saturated heterocycles. The lowest BCUT2D eigenvalue weighted by atomic mass is 10.0. The molecule has 29 heavy (non-hydrogen) atoms. The summed E-state index contributed by atoms with van der Waals surface area (Å²) in [6, 6.07) is 13.5. The number of benzene rings is 2. The number of fused-ring (bicyclic) bond motifs is 1. The van der Waals surface area contributed by atoms with Gasteiger partial charge in [0, 0.05) is 16.7 Å². The van der Waals surface area contributed by atoms with Crippen molar-refractivity contribution in [3.05, 3.63) is 70.5 Å². The van der Waals surface area contributed by atoms with Crippen LogP contribution in [0.25, 0.3) is 22.9 Å². The van der Waals surface area contributed by atoms with Gasteiger partial charge in [0.25, 0.3) is 0 Å². The topological polar surface area (TPSA) is 115 Å². The molecule has 0 aliphatic rings. The van der Waals surface area contributed by atoms with Crippen LogP contribution < -0.4 is 5.73 Å². The first kappa shape index (κ1) is 20.3. The van der Waals surface area contributed by atoms with Crippen LogP contribution in [0.15, 0.2) is 48.5 Å². The highest BCUT2D eigenvalue weighted by molar-refractivity contribution is 6.30. The monoisotopic (exact) mass is 411 g/mol. The summed E-state index contributed by atoms with van der Waals surface area (Å²) < 4.78 is 4.98. The minimum Gasteiger partial charge on any atom is -0.507 e. The van der Waals surface area contributed by atoms with Gasteiger partial charge in [-0.1, -0.05) is 23.7 Å². The highest BCUT2D eigenvalue weighted by atomic mass is 35.5. The van der Waals surface area contributed by atoms with E-state index < -0.39 is 17.8 Å². The first-order chi connectivity index (χ1) is 13.9. The van der Waals surface area contributed by atoms with Gasteiger partial charge in [0.1, 0.15) is 5.76 Å². The van der Waals surface area contributed by atoms with Gasteiger partial charge in [-0.15, -0.1) is 0 Å². The average molecular weight is 412 g/mol. The van der Waals surface area contributed by atoms with Gasteiger partial charge in [-0.05, 0) is 43.3 Å². The normalized spacial score (nSPS) is 12.6. The van der Waals surface area contributed by atoms with Crippen molar-refractivity contribution >= 4 is 46.3 Å². The van der Waals surface area contributed by atoms with Crippen molar-refractivity contribution in [1.82, 2.24) is 9.97 Å². The van der Waals surface area contributed by atoms with Crippen molar-refractivity contribution in [3.63, 3.8) is 0 Å². The molecule has 1 heterocycles. The van der Waals surface area contributed by atoms with Crippen molar-refractivity contribution in [2.24, 2.45) is 5.73 Å². The van der Waals surface area contributed by atoms with E-state index in [9.17, 15) is 14.7 Å². The second-order valence-corrected chi connectivity index (χ2v) is 6.54. The molecule has 0 spiro atoms. The zero-order valence-electron chi connectivity index (χ0n) is 15.5. The second-order valence-electron chi connectivity index (χ2n) is 6.11. The van der Waals surface area contributed by atoms with Crippen LogP contribution in [0, 0.1) is 0 Å². The minimum atomic E-state index is -1.46. The third-order valence-electron chi connectivity index (χ3n) is 4.12. The standard InChI is InChI=1S/C21H18ClN3O4/c1-2-29-21(28)18(20(23)27)19-16(24-14-5-3-4-6-15(14)25-19)11-17(26)12-7-9-13(22)10-8-12/h3-11,18,26H,2H2,1H3,(H2,23,27)/t18-/m1/s1. The molecule has 1 aromatic heterocycles. The van der Waals surface area contributed by atoms with Crippen molar-refractivity contribution < 1.29 is 19.4 Å². The van der Waals surface area contributed by atoms with Gasteiger partial charge in [-0.2, -0.15) is 0 Å². The molecule has 0 aliphatic carbocycles. The molecule has 3 rings (SSSR count). The Morgan fingerprint density at radius 2 is 1.76 bits per heavy atom. The van der Waals surface area contributed by atoms with Crippen molar-refractivity contribution in [3.8, 4) is 0 Å². The number of amides is 1. The van der Waals surface area contributed by atoms with Crippen LogP contribution >= 0.6 is 11.6 Å². The van der Waals surface area contributed by atoms with Crippen LogP contribution in [0.3, 0.4) is 0 Å². The lowest BCUT2D eigenvalue weighted by Gasteiger charge is -2.15. The maximum atomic E-state index is 12.4. The molecular formula is C21H18ClN3O4. The Morgan fingerprint density at radius 3 is 2.34 bits per heavy atom. The number of hydrogen-bond acceptors (Lipinski definition) is 6. The number of nitrogens with zero attached hydrogens (tertiary/aromatic N) is 2. The number of primary amides is 1. The van der Waals surface area contributed by atoms with Gasteiger partial charge in [-0.25, -0.2) is 9.97 Å². The van der Waals surface area contributed by atoms with Gasteiger partial charge in [-0.3, -0.25) is 9.59 Å². The largest absolute Gasteiger partial charge is 0.507 e. The molecule has 0 unspecified atom stereocenters. The van der Waals surface area contributed by atoms with E-state index in [0.29, 0.717) is 21.6 Å². The number of carbonyl (C=O) groups excluding carboxylic acids is 2. The fourth-order valence-electron chi connectivity index (χ4n) is 2.77. The Labute approximate surface area is 171 Å². The number of ether oxygens (including phenoxy) is 1. The molecule has 3 aromatic rings. The van der Waals surface area contributed by atoms with E-state index in [4.69, 9.17) is 22.1 Å². The summed E-state index contributed by atoms with van der Waals surface area (Å²) in [6.45, 7) is 1.69. The van der Waals surface area contributed by atoms with Gasteiger partial charge in [0.05, 0.1) is 29.0 Å². The third kappa shape index (κ3) is 4.52. The Balaban J connectivity index is 2.19. The summed E-state index contributed by atoms with van der Waals surface area (Å²) in [5.41, 5.74) is 7.08. The highest BCUT2D eigenvalue weighted by Gasteiger charge is 2.32. The number of aromatic nitrogens is 2. The second kappa shape index (κ2) is 8.70. The van der Waals surface area contributed by atoms with E-state index in [2.05, 4.69) is 9.97 Å². The predicted octanol–water partition coefficient (Wildman–Crippen LogP) is 3.47. The molecule has 0 fully saturated rings. The van der Waals surface area contributed by atoms with Gasteiger partial charge >= 0.3 is 5.97 Å². The van der Waals surface area contributed by atoms with Crippen molar-refractivity contribution in [2.45, 2.75) is 12.8 Å². The number of esters is 1. The number of carbonyl (C=O) groups is 2. The lowest BCUT2D eigenvalue weighted by Crippen LogP contribution is -2.31. The smallest absolute Gasteiger partial charge is 0.324 e. The molecule has 7 nitrogen and oxygen atoms in total. The molecule has 0 aliphatic heterocycles. The summed E-state index contributed by atoms with van der Waals surface area (Å²) in [5.74, 6) is -3.35. The van der Waals surface area contributed by atoms with Crippen LogP contribution in [0.5, 0.6) is 0 Å². The average Bonchev–Trinajstić information content (AvgIpc) is 2.69. The maximum Gasteiger partial charge on any atom is 0.324 e. The van der Waals surface area contributed by atoms with E-state index in [1.165, 1.54) is 6.08 Å². The fraction of sp³-hybridized carbons (Fsp3) is 0.143. The molecule has 1 amide bonds. The van der Waals surface area contributed by atoms with Crippen molar-refractivity contribution in [1.29, 1.82) is 0 Å². The van der Waals surface area contributed by atoms with E-state index in [0.717, 1.165) is 0 Å². The predicted molar refractivity (Wildman–Crippen MR) is 110 cm³/mol. The summed E-state index contributed by atoms with van der Waals surface area (Å²) in [4.78, 5) is 33.3. The van der Waals surface area contributed by atoms with Crippen LogP contribution in [0.1, 0.15) is 29.8 Å². The SMILES string of the molecule is CCOC(=O)[C@@H](C(N)=O)c1nc2ccccc2nc1C=C(O)c1ccc(Cl)cc1. The van der Waals surface area contributed by atoms with Crippen LogP contribution in [0.2, 0.25) is 5.02 Å². The van der Waals surface area contributed by atoms with Crippen LogP contribution in [-0.2, 0) is 14.3 Å². The molecular weight excluding hydrogens is 394 g/mol. The molecule has 3 N–H and O–H groups in total. The summed E-state index contributed by atoms with van der Waals surface area (Å²) >= 11 is 5.88. The molecule has 148 valence electrons. The van der Waals surface area contributed by atoms with E-state index in [1.807, 2.05) is 0 Å². The molecule has 8 heteroatoms. The third-order valence-corrected chi connectivity index (χ3v) is 4.37. The van der Waals surface area contributed by atoms with Crippen molar-refractivity contribution in [2.75, 3.05) is 6.61 Å². The van der Waals surface area contributed by atoms with E-state index >= 15 is 0 Å². The van der Waals surface area contributed by atoms with Crippen LogP contribution in [-0.4, -0.2) is 33.6 Å². The molecule has 0 radical (unpaired) electrons. The van der Waals surface area contributed by atoms with E-state index in [1.54, 1.807) is 55.5 Å². The molecule has 0 saturated carbocycles. The van der Waals surface area contributed by atoms with Gasteiger partial charge in [0.15, 0.2) is 5.92 Å². The number of rotatable bonds is 6. The number of aliphatic hydroxyl groups is 1. The summed E-state index contributed by atoms with van der Waals surface area (Å²) in [6.07, 6.45) is 1.33. The quantitative estimate of drug-likeness (QED) is 0.364. The Kier molecular flexibility index (Phi) is 6.09. The highest BCUT2D eigenvalue weighted by Crippen LogP contribution is 2.25. The minimum absolute atomic E-state index is 0.00941. The number of para-hydroxylation sites is 2. The summed E-state index contributed by atoms with van der Waals surface area (Å²) in [5, 5.41) is 11.1. The molecule has 2 aromatic carbocycles. The zero-order valence-corrected chi connectivity index (χ0v) is 16.3. The van der Waals surface area contributed by atoms with Crippen LogP contribution in [0.4, 0.5) is 0 Å². The van der Waals surface area contributed by atoms with Gasteiger partial charge in [0.2, 0.25) is 5.91 Å². The molecule has 1 atom stereocenters. The number of nitrogens with two attached hydrogens (primary N) is 1. The van der Waals surface area contributed by atoms with E-state index in [-0.39, 0.29) is 23.8 Å². The first-order valence-electron chi connectivity index (χ1n) is 8.80.